The zero-order chi connectivity index (χ0) is 18.5. The Balaban J connectivity index is 1.29. The molecule has 0 atom stereocenters. The van der Waals surface area contributed by atoms with E-state index in [1.165, 1.54) is 11.1 Å². The van der Waals surface area contributed by atoms with Crippen LogP contribution in [0.25, 0.3) is 0 Å². The fourth-order valence-electron chi connectivity index (χ4n) is 3.02. The van der Waals surface area contributed by atoms with Crippen LogP contribution in [0.15, 0.2) is 73.1 Å². The van der Waals surface area contributed by atoms with Gasteiger partial charge < -0.3 is 14.8 Å². The first-order valence-corrected chi connectivity index (χ1v) is 8.93. The molecule has 1 aliphatic rings. The molecule has 4 rings (SSSR count). The third-order valence-electron chi connectivity index (χ3n) is 4.46. The van der Waals surface area contributed by atoms with Crippen LogP contribution in [0.4, 0.5) is 0 Å². The number of fused-ring (bicyclic) bond motifs is 1. The van der Waals surface area contributed by atoms with E-state index in [9.17, 15) is 4.79 Å². The van der Waals surface area contributed by atoms with Crippen molar-refractivity contribution in [3.8, 4) is 11.5 Å². The third-order valence-corrected chi connectivity index (χ3v) is 4.46. The number of ether oxygens (including phenoxy) is 2. The van der Waals surface area contributed by atoms with Gasteiger partial charge in [0.2, 0.25) is 13.3 Å². The molecule has 136 valence electrons. The van der Waals surface area contributed by atoms with Crippen LogP contribution in [-0.2, 0) is 24.3 Å². The standard InChI is InChI=1S/C22H20N2O3/c25-22(23-14-19-6-7-20-21(13-19)27-16-26-20)15-24-10-8-18(9-11-24)12-17-4-2-1-3-5-17/h1-11,13H,12,14-16H2/p+1. The number of rotatable bonds is 6. The normalized spacial score (nSPS) is 12.0. The average Bonchev–Trinajstić information content (AvgIpc) is 3.17. The van der Waals surface area contributed by atoms with Gasteiger partial charge in [-0.3, -0.25) is 4.79 Å². The number of benzene rings is 2. The van der Waals surface area contributed by atoms with Gasteiger partial charge in [-0.05, 0) is 35.2 Å². The van der Waals surface area contributed by atoms with Gasteiger partial charge in [-0.25, -0.2) is 0 Å². The Bertz CT molecular complexity index is 924. The maximum absolute atomic E-state index is 12.2. The van der Waals surface area contributed by atoms with E-state index in [1.807, 2.05) is 53.4 Å². The van der Waals surface area contributed by atoms with E-state index >= 15 is 0 Å². The van der Waals surface area contributed by atoms with Gasteiger partial charge in [-0.2, -0.15) is 4.57 Å². The van der Waals surface area contributed by atoms with Crippen molar-refractivity contribution in [2.75, 3.05) is 6.79 Å². The molecule has 0 spiro atoms. The Morgan fingerprint density at radius 3 is 2.44 bits per heavy atom. The van der Waals surface area contributed by atoms with Crippen LogP contribution in [-0.4, -0.2) is 12.7 Å². The summed E-state index contributed by atoms with van der Waals surface area (Å²) in [7, 11) is 0. The number of hydrogen-bond acceptors (Lipinski definition) is 3. The summed E-state index contributed by atoms with van der Waals surface area (Å²) >= 11 is 0. The zero-order valence-electron chi connectivity index (χ0n) is 14.9. The lowest BCUT2D eigenvalue weighted by atomic mass is 10.1. The molecule has 5 heteroatoms. The van der Waals surface area contributed by atoms with Crippen molar-refractivity contribution in [2.45, 2.75) is 19.5 Å². The molecule has 3 aromatic rings. The third kappa shape index (κ3) is 4.44. The monoisotopic (exact) mass is 361 g/mol. The molecular formula is C22H21N2O3+. The first kappa shape index (κ1) is 17.1. The van der Waals surface area contributed by atoms with Crippen molar-refractivity contribution in [2.24, 2.45) is 0 Å². The molecule has 1 amide bonds. The molecule has 0 radical (unpaired) electrons. The summed E-state index contributed by atoms with van der Waals surface area (Å²) in [5.41, 5.74) is 3.48. The van der Waals surface area contributed by atoms with Crippen molar-refractivity contribution in [3.05, 3.63) is 89.7 Å². The zero-order valence-corrected chi connectivity index (χ0v) is 14.9. The molecular weight excluding hydrogens is 340 g/mol. The summed E-state index contributed by atoms with van der Waals surface area (Å²) < 4.78 is 12.5. The van der Waals surface area contributed by atoms with Crippen LogP contribution in [0.5, 0.6) is 11.5 Å². The van der Waals surface area contributed by atoms with Gasteiger partial charge in [0, 0.05) is 18.7 Å². The first-order chi connectivity index (χ1) is 13.3. The Hall–Kier alpha value is -3.34. The van der Waals surface area contributed by atoms with E-state index < -0.39 is 0 Å². The number of nitrogens with zero attached hydrogens (tertiary/aromatic N) is 1. The first-order valence-electron chi connectivity index (χ1n) is 8.93. The van der Waals surface area contributed by atoms with Gasteiger partial charge in [-0.1, -0.05) is 36.4 Å². The largest absolute Gasteiger partial charge is 0.454 e. The van der Waals surface area contributed by atoms with Gasteiger partial charge in [-0.15, -0.1) is 0 Å². The summed E-state index contributed by atoms with van der Waals surface area (Å²) in [6.45, 7) is 1.00. The summed E-state index contributed by atoms with van der Waals surface area (Å²) in [6.07, 6.45) is 4.77. The van der Waals surface area contributed by atoms with E-state index in [-0.39, 0.29) is 19.2 Å². The van der Waals surface area contributed by atoms with Crippen LogP contribution in [0.2, 0.25) is 0 Å². The molecule has 0 saturated carbocycles. The fraction of sp³-hybridized carbons (Fsp3) is 0.182. The highest BCUT2D eigenvalue weighted by Crippen LogP contribution is 2.32. The molecule has 0 bridgehead atoms. The topological polar surface area (TPSA) is 51.4 Å². The van der Waals surface area contributed by atoms with Crippen LogP contribution in [0, 0.1) is 0 Å². The average molecular weight is 361 g/mol. The number of nitrogens with one attached hydrogen (secondary N) is 1. The second-order valence-electron chi connectivity index (χ2n) is 6.51. The smallest absolute Gasteiger partial charge is 0.286 e. The van der Waals surface area contributed by atoms with E-state index in [0.717, 1.165) is 23.5 Å². The minimum absolute atomic E-state index is 0.0338. The lowest BCUT2D eigenvalue weighted by molar-refractivity contribution is -0.684. The van der Waals surface area contributed by atoms with Gasteiger partial charge in [0.05, 0.1) is 0 Å². The number of carbonyl (C=O) groups is 1. The SMILES string of the molecule is O=C(C[n+]1ccc(Cc2ccccc2)cc1)NCc1ccc2c(c1)OCO2. The Morgan fingerprint density at radius 1 is 0.889 bits per heavy atom. The van der Waals surface area contributed by atoms with Crippen molar-refractivity contribution in [1.29, 1.82) is 0 Å². The minimum Gasteiger partial charge on any atom is -0.454 e. The minimum atomic E-state index is -0.0338. The lowest BCUT2D eigenvalue weighted by Crippen LogP contribution is -2.42. The molecule has 1 N–H and O–H groups in total. The predicted octanol–water partition coefficient (Wildman–Crippen LogP) is 2.61. The highest BCUT2D eigenvalue weighted by Gasteiger charge is 2.14. The molecule has 27 heavy (non-hydrogen) atoms. The Kier molecular flexibility index (Phi) is 5.01. The Morgan fingerprint density at radius 2 is 1.63 bits per heavy atom. The maximum atomic E-state index is 12.2. The number of pyridine rings is 1. The molecule has 1 aromatic heterocycles. The maximum Gasteiger partial charge on any atom is 0.286 e. The van der Waals surface area contributed by atoms with Crippen molar-refractivity contribution < 1.29 is 18.8 Å². The van der Waals surface area contributed by atoms with Gasteiger partial charge in [0.15, 0.2) is 23.9 Å². The number of amides is 1. The van der Waals surface area contributed by atoms with Crippen LogP contribution >= 0.6 is 0 Å². The summed E-state index contributed by atoms with van der Waals surface area (Å²) in [6, 6.07) is 20.1. The molecule has 0 aliphatic carbocycles. The lowest BCUT2D eigenvalue weighted by Gasteiger charge is -2.05. The number of hydrogen-bond donors (Lipinski definition) is 1. The molecule has 5 nitrogen and oxygen atoms in total. The molecule has 2 heterocycles. The van der Waals surface area contributed by atoms with Crippen molar-refractivity contribution in [3.63, 3.8) is 0 Å². The second-order valence-corrected chi connectivity index (χ2v) is 6.51. The molecule has 2 aromatic carbocycles. The van der Waals surface area contributed by atoms with Crippen LogP contribution < -0.4 is 19.4 Å². The quantitative estimate of drug-likeness (QED) is 0.687. The van der Waals surface area contributed by atoms with Gasteiger partial charge >= 0.3 is 0 Å². The Labute approximate surface area is 158 Å². The fourth-order valence-corrected chi connectivity index (χ4v) is 3.02. The second kappa shape index (κ2) is 7.91. The van der Waals surface area contributed by atoms with Crippen LogP contribution in [0.1, 0.15) is 16.7 Å². The van der Waals surface area contributed by atoms with Crippen molar-refractivity contribution in [1.82, 2.24) is 5.32 Å². The van der Waals surface area contributed by atoms with E-state index in [4.69, 9.17) is 9.47 Å². The van der Waals surface area contributed by atoms with E-state index in [0.29, 0.717) is 6.54 Å². The molecule has 0 fully saturated rings. The van der Waals surface area contributed by atoms with Gasteiger partial charge in [0.1, 0.15) is 0 Å². The van der Waals surface area contributed by atoms with Crippen LogP contribution in [0.3, 0.4) is 0 Å². The summed E-state index contributed by atoms with van der Waals surface area (Å²) in [5, 5.41) is 2.94. The predicted molar refractivity (Wildman–Crippen MR) is 100 cm³/mol. The van der Waals surface area contributed by atoms with Gasteiger partial charge in [0.25, 0.3) is 5.91 Å². The van der Waals surface area contributed by atoms with E-state index in [2.05, 4.69) is 29.6 Å². The summed E-state index contributed by atoms with van der Waals surface area (Å²) in [5.74, 6) is 1.44. The number of carbonyl (C=O) groups excluding carboxylic acids is 1. The van der Waals surface area contributed by atoms with Crippen molar-refractivity contribution >= 4 is 5.91 Å². The highest BCUT2D eigenvalue weighted by atomic mass is 16.7. The molecule has 0 unspecified atom stereocenters. The highest BCUT2D eigenvalue weighted by molar-refractivity contribution is 5.74. The number of aromatic nitrogens is 1. The molecule has 1 aliphatic heterocycles. The van der Waals surface area contributed by atoms with E-state index in [1.54, 1.807) is 0 Å². The molecule has 0 saturated heterocycles. The summed E-state index contributed by atoms with van der Waals surface area (Å²) in [4.78, 5) is 12.2.